The lowest BCUT2D eigenvalue weighted by Gasteiger charge is -2.17. The standard InChI is InChI=1S/C24H27NO2/c1-18-7-2-3-9-20(18)15-25-16-23-22-11-5-4-8-19(22)12-13-24(23)27-17-21-10-6-14-26-21/h2-5,7-9,11-13,21,25H,6,10,14-17H2,1H3. The number of fused-ring (bicyclic) bond motifs is 1. The molecule has 140 valence electrons. The van der Waals surface area contributed by atoms with E-state index in [4.69, 9.17) is 9.47 Å². The Morgan fingerprint density at radius 2 is 1.85 bits per heavy atom. The lowest BCUT2D eigenvalue weighted by Crippen LogP contribution is -2.18. The Balaban J connectivity index is 1.52. The van der Waals surface area contributed by atoms with Crippen LogP contribution in [0.1, 0.15) is 29.5 Å². The molecule has 0 aliphatic carbocycles. The minimum absolute atomic E-state index is 0.226. The third kappa shape index (κ3) is 4.32. The molecule has 0 saturated carbocycles. The van der Waals surface area contributed by atoms with Gasteiger partial charge in [0.05, 0.1) is 6.10 Å². The number of benzene rings is 3. The molecule has 1 saturated heterocycles. The molecular formula is C24H27NO2. The molecular weight excluding hydrogens is 334 g/mol. The van der Waals surface area contributed by atoms with E-state index in [2.05, 4.69) is 72.9 Å². The maximum absolute atomic E-state index is 6.19. The Kier molecular flexibility index (Phi) is 5.71. The van der Waals surface area contributed by atoms with Gasteiger partial charge in [-0.1, -0.05) is 54.6 Å². The molecule has 1 heterocycles. The van der Waals surface area contributed by atoms with Gasteiger partial charge in [-0.15, -0.1) is 0 Å². The Morgan fingerprint density at radius 3 is 2.70 bits per heavy atom. The summed E-state index contributed by atoms with van der Waals surface area (Å²) in [6.45, 7) is 5.27. The predicted octanol–water partition coefficient (Wildman–Crippen LogP) is 5.00. The molecule has 3 heteroatoms. The van der Waals surface area contributed by atoms with Crippen LogP contribution in [0.15, 0.2) is 60.7 Å². The molecule has 1 fully saturated rings. The second-order valence-corrected chi connectivity index (χ2v) is 7.24. The van der Waals surface area contributed by atoms with E-state index < -0.39 is 0 Å². The van der Waals surface area contributed by atoms with Crippen molar-refractivity contribution >= 4 is 10.8 Å². The molecule has 0 bridgehead atoms. The molecule has 0 amide bonds. The van der Waals surface area contributed by atoms with Crippen LogP contribution in [0.5, 0.6) is 5.75 Å². The Morgan fingerprint density at radius 1 is 1.00 bits per heavy atom. The summed E-state index contributed by atoms with van der Waals surface area (Å²) in [6.07, 6.45) is 2.45. The van der Waals surface area contributed by atoms with E-state index in [0.29, 0.717) is 6.61 Å². The molecule has 3 nitrogen and oxygen atoms in total. The number of hydrogen-bond acceptors (Lipinski definition) is 3. The maximum Gasteiger partial charge on any atom is 0.124 e. The third-order valence-corrected chi connectivity index (χ3v) is 5.32. The van der Waals surface area contributed by atoms with Gasteiger partial charge >= 0.3 is 0 Å². The zero-order chi connectivity index (χ0) is 18.5. The molecule has 0 aromatic heterocycles. The molecule has 3 aromatic carbocycles. The van der Waals surface area contributed by atoms with Crippen molar-refractivity contribution in [2.24, 2.45) is 0 Å². The van der Waals surface area contributed by atoms with Gasteiger partial charge in [0.1, 0.15) is 12.4 Å². The van der Waals surface area contributed by atoms with Crippen LogP contribution in [0, 0.1) is 6.92 Å². The van der Waals surface area contributed by atoms with E-state index in [1.165, 1.54) is 27.5 Å². The molecule has 0 spiro atoms. The molecule has 1 aliphatic heterocycles. The SMILES string of the molecule is Cc1ccccc1CNCc1c(OCC2CCCO2)ccc2ccccc12. The van der Waals surface area contributed by atoms with E-state index in [9.17, 15) is 0 Å². The van der Waals surface area contributed by atoms with Crippen LogP contribution < -0.4 is 10.1 Å². The topological polar surface area (TPSA) is 30.5 Å². The summed E-state index contributed by atoms with van der Waals surface area (Å²) in [5, 5.41) is 6.10. The fraction of sp³-hybridized carbons (Fsp3) is 0.333. The third-order valence-electron chi connectivity index (χ3n) is 5.32. The lowest BCUT2D eigenvalue weighted by atomic mass is 10.0. The second-order valence-electron chi connectivity index (χ2n) is 7.24. The van der Waals surface area contributed by atoms with Crippen LogP contribution in [0.25, 0.3) is 10.8 Å². The highest BCUT2D eigenvalue weighted by molar-refractivity contribution is 5.87. The average molecular weight is 361 g/mol. The van der Waals surface area contributed by atoms with Gasteiger partial charge in [0.2, 0.25) is 0 Å². The van der Waals surface area contributed by atoms with Crippen molar-refractivity contribution in [1.82, 2.24) is 5.32 Å². The van der Waals surface area contributed by atoms with Crippen molar-refractivity contribution in [2.45, 2.75) is 39.0 Å². The van der Waals surface area contributed by atoms with Gasteiger partial charge in [-0.3, -0.25) is 0 Å². The summed E-state index contributed by atoms with van der Waals surface area (Å²) in [6, 6.07) is 21.3. The number of nitrogens with one attached hydrogen (secondary N) is 1. The van der Waals surface area contributed by atoms with Gasteiger partial charge < -0.3 is 14.8 Å². The number of aryl methyl sites for hydroxylation is 1. The van der Waals surface area contributed by atoms with Crippen LogP contribution in [-0.2, 0) is 17.8 Å². The van der Waals surface area contributed by atoms with Crippen molar-refractivity contribution in [3.8, 4) is 5.75 Å². The molecule has 1 unspecified atom stereocenters. The first-order valence-corrected chi connectivity index (χ1v) is 9.81. The van der Waals surface area contributed by atoms with Crippen molar-refractivity contribution in [3.05, 3.63) is 77.4 Å². The molecule has 1 atom stereocenters. The number of hydrogen-bond donors (Lipinski definition) is 1. The highest BCUT2D eigenvalue weighted by Gasteiger charge is 2.17. The fourth-order valence-corrected chi connectivity index (χ4v) is 3.72. The number of rotatable bonds is 7. The zero-order valence-corrected chi connectivity index (χ0v) is 15.9. The highest BCUT2D eigenvalue weighted by Crippen LogP contribution is 2.29. The molecule has 3 aromatic rings. The van der Waals surface area contributed by atoms with Crippen LogP contribution in [0.3, 0.4) is 0 Å². The van der Waals surface area contributed by atoms with Crippen molar-refractivity contribution in [1.29, 1.82) is 0 Å². The van der Waals surface area contributed by atoms with E-state index in [0.717, 1.165) is 38.3 Å². The molecule has 27 heavy (non-hydrogen) atoms. The van der Waals surface area contributed by atoms with Crippen molar-refractivity contribution in [3.63, 3.8) is 0 Å². The van der Waals surface area contributed by atoms with E-state index >= 15 is 0 Å². The normalized spacial score (nSPS) is 16.7. The second kappa shape index (κ2) is 8.55. The number of ether oxygens (including phenoxy) is 2. The first-order chi connectivity index (χ1) is 13.3. The van der Waals surface area contributed by atoms with E-state index in [1.54, 1.807) is 0 Å². The zero-order valence-electron chi connectivity index (χ0n) is 15.9. The highest BCUT2D eigenvalue weighted by atomic mass is 16.5. The minimum atomic E-state index is 0.226. The summed E-state index contributed by atoms with van der Waals surface area (Å²) in [5.41, 5.74) is 3.87. The van der Waals surface area contributed by atoms with Crippen molar-refractivity contribution in [2.75, 3.05) is 13.2 Å². The quantitative estimate of drug-likeness (QED) is 0.643. The van der Waals surface area contributed by atoms with Crippen LogP contribution >= 0.6 is 0 Å². The van der Waals surface area contributed by atoms with Gasteiger partial charge in [-0.25, -0.2) is 0 Å². The first kappa shape index (κ1) is 18.0. The van der Waals surface area contributed by atoms with Gasteiger partial charge in [0, 0.05) is 25.3 Å². The van der Waals surface area contributed by atoms with E-state index in [1.807, 2.05) is 0 Å². The molecule has 0 radical (unpaired) electrons. The van der Waals surface area contributed by atoms with Gasteiger partial charge in [-0.2, -0.15) is 0 Å². The van der Waals surface area contributed by atoms with Gasteiger partial charge in [-0.05, 0) is 47.7 Å². The molecule has 4 rings (SSSR count). The summed E-state index contributed by atoms with van der Waals surface area (Å²) in [5.74, 6) is 0.960. The Bertz CT molecular complexity index is 900. The van der Waals surface area contributed by atoms with Crippen molar-refractivity contribution < 1.29 is 9.47 Å². The van der Waals surface area contributed by atoms with Crippen LogP contribution in [-0.4, -0.2) is 19.3 Å². The largest absolute Gasteiger partial charge is 0.491 e. The summed E-state index contributed by atoms with van der Waals surface area (Å²) >= 11 is 0. The van der Waals surface area contributed by atoms with Crippen LogP contribution in [0.4, 0.5) is 0 Å². The summed E-state index contributed by atoms with van der Waals surface area (Å²) in [4.78, 5) is 0. The smallest absolute Gasteiger partial charge is 0.124 e. The first-order valence-electron chi connectivity index (χ1n) is 9.81. The summed E-state index contributed by atoms with van der Waals surface area (Å²) < 4.78 is 11.9. The molecule has 1 N–H and O–H groups in total. The summed E-state index contributed by atoms with van der Waals surface area (Å²) in [7, 11) is 0. The Labute approximate surface area is 161 Å². The lowest BCUT2D eigenvalue weighted by molar-refractivity contribution is 0.0676. The monoisotopic (exact) mass is 361 g/mol. The fourth-order valence-electron chi connectivity index (χ4n) is 3.72. The average Bonchev–Trinajstić information content (AvgIpc) is 3.22. The minimum Gasteiger partial charge on any atom is -0.491 e. The predicted molar refractivity (Wildman–Crippen MR) is 110 cm³/mol. The van der Waals surface area contributed by atoms with Crippen LogP contribution in [0.2, 0.25) is 0 Å². The maximum atomic E-state index is 6.19. The van der Waals surface area contributed by atoms with Gasteiger partial charge in [0.25, 0.3) is 0 Å². The molecule has 1 aliphatic rings. The van der Waals surface area contributed by atoms with Gasteiger partial charge in [0.15, 0.2) is 0 Å². The van der Waals surface area contributed by atoms with E-state index in [-0.39, 0.29) is 6.10 Å². The Hall–Kier alpha value is -2.36.